The Morgan fingerprint density at radius 1 is 0.254 bits per heavy atom. The van der Waals surface area contributed by atoms with Crippen LogP contribution in [-0.4, -0.2) is 123 Å². The Morgan fingerprint density at radius 3 is 0.475 bits per heavy atom. The molecule has 0 aromatic heterocycles. The van der Waals surface area contributed by atoms with Gasteiger partial charge < -0.3 is 0 Å². The van der Waals surface area contributed by atoms with Gasteiger partial charge in [-0.05, 0) is 110 Å². The molecule has 59 heavy (non-hydrogen) atoms. The number of rotatable bonds is 14. The summed E-state index contributed by atoms with van der Waals surface area (Å²) in [5.41, 5.74) is 0. The first-order valence-electron chi connectivity index (χ1n) is 16.0. The minimum Gasteiger partial charge on any atom is -0.224 e. The Bertz CT molecular complexity index is 2700. The first-order chi connectivity index (χ1) is 26.3. The lowest BCUT2D eigenvalue weighted by Gasteiger charge is -2.28. The molecule has 0 atom stereocenters. The summed E-state index contributed by atoms with van der Waals surface area (Å²) in [5.74, 6) is -0.468. The van der Waals surface area contributed by atoms with E-state index in [1.54, 1.807) is 0 Å². The van der Waals surface area contributed by atoms with Crippen LogP contribution in [0.4, 0.5) is 0 Å². The van der Waals surface area contributed by atoms with E-state index in [2.05, 4.69) is 0 Å². The molecule has 0 saturated carbocycles. The van der Waals surface area contributed by atoms with Crippen LogP contribution >= 0.6 is 15.8 Å². The second-order valence-corrected chi connectivity index (χ2v) is 34.9. The van der Waals surface area contributed by atoms with Crippen LogP contribution in [0.25, 0.3) is 0 Å². The molecule has 0 aliphatic rings. The Balaban J connectivity index is 2.37. The third-order valence-electron chi connectivity index (χ3n) is 8.41. The van der Waals surface area contributed by atoms with Gasteiger partial charge in [0.2, 0.25) is 0 Å². The SMILES string of the molecule is CS(=O)(=O)c1cc(P(CP(c2cc(S(C)(=O)=O)cc(S(C)(=O)=O)c2)c2cc(S(C)(=O)=O)cc(S(C)(=O)=O)c2)c2cc(S(C)(=O)=O)cc(S(C)(=O)=O)c2)cc(S(C)(=O)=O)c1. The fraction of sp³-hybridized carbons (Fsp3) is 0.273. The minimum absolute atomic E-state index is 0.105. The first kappa shape index (κ1) is 49.0. The van der Waals surface area contributed by atoms with E-state index >= 15 is 0 Å². The van der Waals surface area contributed by atoms with Crippen molar-refractivity contribution in [3.8, 4) is 0 Å². The molecule has 0 saturated heterocycles. The van der Waals surface area contributed by atoms with Crippen molar-refractivity contribution in [2.24, 2.45) is 0 Å². The van der Waals surface area contributed by atoms with Gasteiger partial charge in [-0.25, -0.2) is 67.3 Å². The summed E-state index contributed by atoms with van der Waals surface area (Å²) in [5, 5.41) is -0.422. The minimum atomic E-state index is -4.21. The zero-order chi connectivity index (χ0) is 45.3. The summed E-state index contributed by atoms with van der Waals surface area (Å²) < 4.78 is 208. The molecule has 4 aromatic rings. The van der Waals surface area contributed by atoms with Gasteiger partial charge in [0.15, 0.2) is 78.7 Å². The van der Waals surface area contributed by atoms with Gasteiger partial charge >= 0.3 is 0 Å². The van der Waals surface area contributed by atoms with E-state index < -0.39 is 140 Å². The number of benzene rings is 4. The van der Waals surface area contributed by atoms with E-state index in [4.69, 9.17) is 0 Å². The number of hydrogen-bond donors (Lipinski definition) is 0. The van der Waals surface area contributed by atoms with Crippen LogP contribution in [-0.2, 0) is 78.7 Å². The van der Waals surface area contributed by atoms with E-state index in [0.717, 1.165) is 123 Å². The smallest absolute Gasteiger partial charge is 0.175 e. The van der Waals surface area contributed by atoms with Gasteiger partial charge in [0.05, 0.1) is 39.2 Å². The van der Waals surface area contributed by atoms with Crippen molar-refractivity contribution >= 4 is 116 Å². The highest BCUT2D eigenvalue weighted by molar-refractivity contribution is 7.94. The molecule has 4 aromatic carbocycles. The van der Waals surface area contributed by atoms with Gasteiger partial charge in [0.25, 0.3) is 0 Å². The van der Waals surface area contributed by atoms with Crippen LogP contribution in [0.5, 0.6) is 0 Å². The monoisotopic (exact) mass is 1010 g/mol. The lowest BCUT2D eigenvalue weighted by atomic mass is 10.3. The quantitative estimate of drug-likeness (QED) is 0.155. The summed E-state index contributed by atoms with van der Waals surface area (Å²) in [7, 11) is -38.7. The standard InChI is InChI=1S/C33H38O16P2S8/c1-52(34,35)26-9-22(10-27(17-26)53(2,36)37)50(23-11-28(54(3,38)39)18-29(12-23)55(4,40)41)21-51(24-13-30(56(5,42)43)19-31(14-24)57(6,44)45)25-15-32(58(7,46)47)20-33(16-25)59(8,48)49/h9-20H,21H2,1-8H3. The lowest BCUT2D eigenvalue weighted by Crippen LogP contribution is -2.24. The predicted molar refractivity (Wildman–Crippen MR) is 228 cm³/mol. The molecule has 0 bridgehead atoms. The van der Waals surface area contributed by atoms with Crippen LogP contribution in [0.1, 0.15) is 0 Å². The van der Waals surface area contributed by atoms with Gasteiger partial charge in [-0.3, -0.25) is 0 Å². The van der Waals surface area contributed by atoms with E-state index in [1.165, 1.54) is 0 Å². The normalized spacial score (nSPS) is 13.9. The zero-order valence-corrected chi connectivity index (χ0v) is 40.6. The largest absolute Gasteiger partial charge is 0.224 e. The molecule has 26 heteroatoms. The van der Waals surface area contributed by atoms with Gasteiger partial charge in [-0.1, -0.05) is 0 Å². The average Bonchev–Trinajstić information content (AvgIpc) is 3.04. The van der Waals surface area contributed by atoms with Crippen LogP contribution in [0.15, 0.2) is 112 Å². The molecule has 0 radical (unpaired) electrons. The fourth-order valence-corrected chi connectivity index (χ4v) is 18.5. The summed E-state index contributed by atoms with van der Waals surface area (Å²) >= 11 is 0. The molecule has 324 valence electrons. The van der Waals surface area contributed by atoms with Crippen molar-refractivity contribution in [2.45, 2.75) is 39.2 Å². The third kappa shape index (κ3) is 12.3. The maximum absolute atomic E-state index is 13.0. The van der Waals surface area contributed by atoms with Crippen molar-refractivity contribution in [1.29, 1.82) is 0 Å². The Kier molecular flexibility index (Phi) is 13.5. The van der Waals surface area contributed by atoms with Crippen LogP contribution in [0, 0.1) is 0 Å². The van der Waals surface area contributed by atoms with Crippen molar-refractivity contribution < 1.29 is 67.3 Å². The van der Waals surface area contributed by atoms with Crippen molar-refractivity contribution in [1.82, 2.24) is 0 Å². The molecular formula is C33H38O16P2S8. The van der Waals surface area contributed by atoms with Crippen LogP contribution in [0.2, 0.25) is 0 Å². The van der Waals surface area contributed by atoms with Gasteiger partial charge in [-0.15, -0.1) is 0 Å². The highest BCUT2D eigenvalue weighted by Crippen LogP contribution is 2.50. The Labute approximate surface area is 348 Å². The maximum Gasteiger partial charge on any atom is 0.175 e. The summed E-state index contributed by atoms with van der Waals surface area (Å²) in [6, 6.07) is 12.2. The topological polar surface area (TPSA) is 273 Å². The predicted octanol–water partition coefficient (Wildman–Crippen LogP) is 0.438. The zero-order valence-electron chi connectivity index (χ0n) is 32.3. The molecule has 0 fully saturated rings. The van der Waals surface area contributed by atoms with Crippen molar-refractivity contribution in [2.75, 3.05) is 55.9 Å². The van der Waals surface area contributed by atoms with Crippen LogP contribution < -0.4 is 21.2 Å². The second-order valence-electron chi connectivity index (χ2n) is 13.8. The van der Waals surface area contributed by atoms with E-state index in [9.17, 15) is 67.3 Å². The molecule has 0 aliphatic heterocycles. The maximum atomic E-state index is 13.0. The summed E-state index contributed by atoms with van der Waals surface area (Å²) in [6.45, 7) is 0. The van der Waals surface area contributed by atoms with E-state index in [0.29, 0.717) is 0 Å². The number of sulfone groups is 8. The molecule has 0 heterocycles. The first-order valence-corrected chi connectivity index (χ1v) is 34.2. The molecule has 0 amide bonds. The molecule has 0 N–H and O–H groups in total. The summed E-state index contributed by atoms with van der Waals surface area (Å²) in [4.78, 5) is -4.17. The highest BCUT2D eigenvalue weighted by atomic mass is 32.2. The molecule has 0 aliphatic carbocycles. The second kappa shape index (κ2) is 16.2. The van der Waals surface area contributed by atoms with Gasteiger partial charge in [-0.2, -0.15) is 0 Å². The Morgan fingerprint density at radius 2 is 0.373 bits per heavy atom. The van der Waals surface area contributed by atoms with Crippen molar-refractivity contribution in [3.63, 3.8) is 0 Å². The van der Waals surface area contributed by atoms with E-state index in [-0.39, 0.29) is 21.2 Å². The molecule has 4 rings (SSSR count). The number of hydrogen-bond acceptors (Lipinski definition) is 16. The van der Waals surface area contributed by atoms with Gasteiger partial charge in [0, 0.05) is 55.9 Å². The third-order valence-corrected chi connectivity index (χ3v) is 22.9. The highest BCUT2D eigenvalue weighted by Gasteiger charge is 2.31. The molecule has 16 nitrogen and oxygen atoms in total. The van der Waals surface area contributed by atoms with E-state index in [1.807, 2.05) is 0 Å². The van der Waals surface area contributed by atoms with Gasteiger partial charge in [0.1, 0.15) is 0 Å². The summed E-state index contributed by atoms with van der Waals surface area (Å²) in [6.07, 6.45) is 6.27. The molecule has 0 spiro atoms. The average molecular weight is 1010 g/mol. The lowest BCUT2D eigenvalue weighted by molar-refractivity contribution is 0.596. The molecular weight excluding hydrogens is 971 g/mol. The Hall–Kier alpha value is -2.66. The van der Waals surface area contributed by atoms with Crippen molar-refractivity contribution in [3.05, 3.63) is 72.8 Å². The van der Waals surface area contributed by atoms with Crippen LogP contribution in [0.3, 0.4) is 0 Å². The molecule has 0 unspecified atom stereocenters. The fourth-order valence-electron chi connectivity index (χ4n) is 5.33.